The van der Waals surface area contributed by atoms with Crippen molar-refractivity contribution < 1.29 is 68.9 Å². The molecule has 14 heteroatoms. The van der Waals surface area contributed by atoms with Gasteiger partial charge >= 0.3 is 0 Å². The molecule has 0 aliphatic heterocycles. The van der Waals surface area contributed by atoms with Crippen molar-refractivity contribution in [2.75, 3.05) is 77.7 Å². The minimum atomic E-state index is -0.974. The van der Waals surface area contributed by atoms with E-state index in [2.05, 4.69) is 46.8 Å². The summed E-state index contributed by atoms with van der Waals surface area (Å²) in [6.45, 7) is 24.8. The van der Waals surface area contributed by atoms with Gasteiger partial charge in [0.1, 0.15) is 6.10 Å². The zero-order chi connectivity index (χ0) is 54.6. The van der Waals surface area contributed by atoms with Gasteiger partial charge in [-0.15, -0.1) is 0 Å². The van der Waals surface area contributed by atoms with E-state index in [0.29, 0.717) is 24.7 Å². The van der Waals surface area contributed by atoms with Gasteiger partial charge in [0.05, 0.1) is 49.3 Å². The first kappa shape index (κ1) is 80.5. The van der Waals surface area contributed by atoms with Gasteiger partial charge in [-0.1, -0.05) is 117 Å². The predicted octanol–water partition coefficient (Wildman–Crippen LogP) is 9.11. The van der Waals surface area contributed by atoms with Gasteiger partial charge in [-0.25, -0.2) is 0 Å². The maximum absolute atomic E-state index is 10.5. The molecule has 68 heavy (non-hydrogen) atoms. The number of ether oxygens (including phenoxy) is 7. The van der Waals surface area contributed by atoms with Gasteiger partial charge in [-0.2, -0.15) is 0 Å². The normalized spacial score (nSPS) is 17.2. The number of hydrogen-bond acceptors (Lipinski definition) is 14. The Morgan fingerprint density at radius 3 is 1.04 bits per heavy atom. The van der Waals surface area contributed by atoms with E-state index in [1.54, 1.807) is 42.7 Å². The quantitative estimate of drug-likeness (QED) is 0.0242. The third-order valence-corrected chi connectivity index (χ3v) is 11.5. The number of rotatable bonds is 33. The molecule has 0 aliphatic rings. The predicted molar refractivity (Wildman–Crippen MR) is 284 cm³/mol. The first-order valence-corrected chi connectivity index (χ1v) is 24.9. The van der Waals surface area contributed by atoms with E-state index >= 15 is 0 Å². The highest BCUT2D eigenvalue weighted by molar-refractivity contribution is 5.13. The lowest BCUT2D eigenvalue weighted by molar-refractivity contribution is -0.164. The van der Waals surface area contributed by atoms with Crippen molar-refractivity contribution in [3.8, 4) is 0 Å². The van der Waals surface area contributed by atoms with Crippen LogP contribution in [0.3, 0.4) is 0 Å². The monoisotopic (exact) mass is 987 g/mol. The summed E-state index contributed by atoms with van der Waals surface area (Å²) in [5, 5.41) is 61.0. The fourth-order valence-electron chi connectivity index (χ4n) is 7.07. The Balaban J connectivity index is -0.000000185. The van der Waals surface area contributed by atoms with Crippen molar-refractivity contribution in [3.05, 3.63) is 47.6 Å². The van der Waals surface area contributed by atoms with Crippen LogP contribution in [0.5, 0.6) is 0 Å². The number of aliphatic hydroxyl groups excluding tert-OH is 7. The molecule has 0 saturated heterocycles. The Bertz CT molecular complexity index is 1080. The minimum absolute atomic E-state index is 0.00354. The molecule has 0 radical (unpaired) electrons. The Labute approximate surface area is 419 Å². The number of hydrogen-bond donors (Lipinski definition) is 7. The summed E-state index contributed by atoms with van der Waals surface area (Å²) in [6, 6.07) is 0. The molecule has 414 valence electrons. The first-order chi connectivity index (χ1) is 32.5. The molecular weight excluding hydrogens is 873 g/mol. The third kappa shape index (κ3) is 44.3. The second-order valence-corrected chi connectivity index (χ2v) is 16.2. The zero-order valence-corrected chi connectivity index (χ0v) is 47.7. The third-order valence-electron chi connectivity index (χ3n) is 11.5. The van der Waals surface area contributed by atoms with Crippen LogP contribution >= 0.6 is 0 Å². The summed E-state index contributed by atoms with van der Waals surface area (Å²) < 4.78 is 37.5. The van der Waals surface area contributed by atoms with Gasteiger partial charge in [-0.05, 0) is 77.0 Å². The second kappa shape index (κ2) is 59.7. The van der Waals surface area contributed by atoms with E-state index < -0.39 is 12.4 Å². The average molecular weight is 987 g/mol. The lowest BCUT2D eigenvalue weighted by atomic mass is 9.91. The van der Waals surface area contributed by atoms with Crippen LogP contribution in [0.4, 0.5) is 0 Å². The van der Waals surface area contributed by atoms with E-state index in [1.165, 1.54) is 12.7 Å². The summed E-state index contributed by atoms with van der Waals surface area (Å²) >= 11 is 0. The van der Waals surface area contributed by atoms with Gasteiger partial charge in [0.2, 0.25) is 0 Å². The highest BCUT2D eigenvalue weighted by Gasteiger charge is 2.24. The fourth-order valence-corrected chi connectivity index (χ4v) is 7.07. The molecule has 13 atom stereocenters. The molecule has 0 amide bonds. The fraction of sp³-hybridized carbons (Fsp3) is 0.852. The molecule has 14 nitrogen and oxygen atoms in total. The topological polar surface area (TPSA) is 206 Å². The number of allylic oxidation sites excluding steroid dienone is 4. The smallest absolute Gasteiger partial charge is 0.180 e. The highest BCUT2D eigenvalue weighted by atomic mass is 16.6. The molecule has 0 heterocycles. The average Bonchev–Trinajstić information content (AvgIpc) is 3.38. The lowest BCUT2D eigenvalue weighted by Gasteiger charge is -2.25. The zero-order valence-electron chi connectivity index (χ0n) is 47.7. The minimum Gasteiger partial charge on any atom is -0.400 e. The second-order valence-electron chi connectivity index (χ2n) is 16.2. The van der Waals surface area contributed by atoms with E-state index in [0.717, 1.165) is 78.3 Å². The summed E-state index contributed by atoms with van der Waals surface area (Å²) in [6.07, 6.45) is 18.5. The molecule has 0 bridgehead atoms. The molecule has 7 N–H and O–H groups in total. The van der Waals surface area contributed by atoms with E-state index in [-0.39, 0.29) is 61.2 Å². The molecule has 0 rings (SSSR count). The summed E-state index contributed by atoms with van der Waals surface area (Å²) in [4.78, 5) is 0. The van der Waals surface area contributed by atoms with Gasteiger partial charge in [0.25, 0.3) is 0 Å². The molecule has 0 fully saturated rings. The van der Waals surface area contributed by atoms with Gasteiger partial charge < -0.3 is 68.9 Å². The van der Waals surface area contributed by atoms with Crippen LogP contribution in [-0.2, 0) is 33.2 Å². The Kier molecular flexibility index (Phi) is 70.7. The van der Waals surface area contributed by atoms with Crippen molar-refractivity contribution in [3.63, 3.8) is 0 Å². The van der Waals surface area contributed by atoms with Crippen molar-refractivity contribution >= 4 is 0 Å². The van der Waals surface area contributed by atoms with Crippen molar-refractivity contribution in [2.45, 2.75) is 202 Å². The van der Waals surface area contributed by atoms with Crippen LogP contribution in [0.25, 0.3) is 0 Å². The first-order valence-electron chi connectivity index (χ1n) is 24.9. The van der Waals surface area contributed by atoms with Crippen molar-refractivity contribution in [1.82, 2.24) is 0 Å². The van der Waals surface area contributed by atoms with E-state index in [1.807, 2.05) is 72.8 Å². The Morgan fingerprint density at radius 1 is 0.456 bits per heavy atom. The van der Waals surface area contributed by atoms with E-state index in [4.69, 9.17) is 48.5 Å². The van der Waals surface area contributed by atoms with E-state index in [9.17, 15) is 20.4 Å². The maximum atomic E-state index is 10.5. The van der Waals surface area contributed by atoms with Crippen LogP contribution in [0.15, 0.2) is 47.6 Å². The molecule has 0 saturated carbocycles. The van der Waals surface area contributed by atoms with Crippen LogP contribution in [-0.4, -0.2) is 169 Å². The largest absolute Gasteiger partial charge is 0.400 e. The Morgan fingerprint density at radius 2 is 0.779 bits per heavy atom. The van der Waals surface area contributed by atoms with Crippen molar-refractivity contribution in [1.29, 1.82) is 0 Å². The van der Waals surface area contributed by atoms with Crippen LogP contribution < -0.4 is 0 Å². The molecule has 13 unspecified atom stereocenters. The summed E-state index contributed by atoms with van der Waals surface area (Å²) in [7, 11) is 14.5. The molecule has 0 aromatic rings. The SMILES string of the molecule is CC.CC.CCC(OC)C(C)CCC(O)C(C)/C=C/C=C(\C)CC(CC(CO)OC)OC.CCC(OC)C(C)CCC(O)C(C)/C=C/C=C(\C)CC(CC(OC)C(O)OC)OC.CO.CO.CO. The highest BCUT2D eigenvalue weighted by Crippen LogP contribution is 2.23. The van der Waals surface area contributed by atoms with Crippen molar-refractivity contribution in [2.24, 2.45) is 23.7 Å². The number of aliphatic hydroxyl groups is 7. The van der Waals surface area contributed by atoms with Crippen LogP contribution in [0, 0.1) is 23.7 Å². The standard InChI is InChI=1S/C24H46O6.C23H44O5.2C2H6.3CH4O/c1-9-22(28-6)19(4)13-14-21(25)18(3)12-10-11-17(2)15-20(27-5)16-23(29-7)24(26)30-8;1-8-23(28-7)19(4)12-13-22(25)18(3)11-9-10-17(2)14-20(26-5)15-21(16-24)27-6;5*1-2/h10-12,18-26H,9,13-16H2,1-8H3;9-11,18-25H,8,12-16H2,1-7H3;2*1-2H3;3*2H,1H3/b12-10+,17-11+;11-9+,17-10+;;;;;. The molecule has 0 aromatic heterocycles. The van der Waals surface area contributed by atoms with Gasteiger partial charge in [-0.3, -0.25) is 0 Å². The van der Waals surface area contributed by atoms with Gasteiger partial charge in [0, 0.05) is 95.8 Å². The number of methoxy groups -OCH3 is 7. The maximum Gasteiger partial charge on any atom is 0.180 e. The molecule has 0 aliphatic carbocycles. The van der Waals surface area contributed by atoms with Crippen LogP contribution in [0.2, 0.25) is 0 Å². The van der Waals surface area contributed by atoms with Crippen LogP contribution in [0.1, 0.15) is 147 Å². The van der Waals surface area contributed by atoms with Gasteiger partial charge in [0.15, 0.2) is 6.29 Å². The summed E-state index contributed by atoms with van der Waals surface area (Å²) in [5.74, 6) is 1.07. The molecule has 0 spiro atoms. The Hall–Kier alpha value is -1.60. The lowest BCUT2D eigenvalue weighted by Crippen LogP contribution is -2.33. The molecular formula is C54H114O14. The molecule has 0 aromatic carbocycles. The summed E-state index contributed by atoms with van der Waals surface area (Å²) in [5.41, 5.74) is 2.35.